The van der Waals surface area contributed by atoms with Crippen molar-refractivity contribution in [3.05, 3.63) is 47.0 Å². The highest BCUT2D eigenvalue weighted by Gasteiger charge is 2.17. The Morgan fingerprint density at radius 2 is 1.24 bits per heavy atom. The molecule has 208 valence electrons. The van der Waals surface area contributed by atoms with E-state index in [1.807, 2.05) is 51.1 Å². The van der Waals surface area contributed by atoms with Gasteiger partial charge in [0.2, 0.25) is 0 Å². The standard InChI is InChI=1S/C33H49N3O2/c1-5-6-7-8-9-10-11-12-13-14-15-16-17-18-19-20-32(37)38-33-28(4)23-27(3)25-31(33)36-34-29-22-21-26(2)24-30(29)35-36/h21-25H,5-20H2,1-4H3. The molecule has 3 rings (SSSR count). The molecule has 5 nitrogen and oxygen atoms in total. The fourth-order valence-electron chi connectivity index (χ4n) is 5.15. The van der Waals surface area contributed by atoms with Gasteiger partial charge in [0.25, 0.3) is 0 Å². The van der Waals surface area contributed by atoms with Crippen molar-refractivity contribution >= 4 is 17.0 Å². The van der Waals surface area contributed by atoms with Crippen molar-refractivity contribution in [1.82, 2.24) is 15.0 Å². The number of rotatable bonds is 18. The Labute approximate surface area is 230 Å². The van der Waals surface area contributed by atoms with Gasteiger partial charge in [-0.1, -0.05) is 109 Å². The zero-order chi connectivity index (χ0) is 27.2. The zero-order valence-corrected chi connectivity index (χ0v) is 24.4. The zero-order valence-electron chi connectivity index (χ0n) is 24.4. The summed E-state index contributed by atoms with van der Waals surface area (Å²) in [6.07, 6.45) is 20.1. The van der Waals surface area contributed by atoms with E-state index in [-0.39, 0.29) is 5.97 Å². The molecule has 0 saturated carbocycles. The summed E-state index contributed by atoms with van der Waals surface area (Å²) in [4.78, 5) is 14.3. The summed E-state index contributed by atoms with van der Waals surface area (Å²) < 4.78 is 5.88. The Morgan fingerprint density at radius 1 is 0.684 bits per heavy atom. The lowest BCUT2D eigenvalue weighted by Crippen LogP contribution is -2.12. The highest BCUT2D eigenvalue weighted by atomic mass is 16.5. The average Bonchev–Trinajstić information content (AvgIpc) is 3.31. The topological polar surface area (TPSA) is 57.0 Å². The van der Waals surface area contributed by atoms with Crippen LogP contribution in [-0.2, 0) is 4.79 Å². The number of nitrogens with zero attached hydrogens (tertiary/aromatic N) is 3. The smallest absolute Gasteiger partial charge is 0.311 e. The molecule has 0 spiro atoms. The summed E-state index contributed by atoms with van der Waals surface area (Å²) in [5.74, 6) is 0.374. The number of hydrogen-bond donors (Lipinski definition) is 0. The van der Waals surface area contributed by atoms with Crippen LogP contribution in [0.2, 0.25) is 0 Å². The molecule has 3 aromatic rings. The normalized spacial score (nSPS) is 11.4. The maximum Gasteiger partial charge on any atom is 0.311 e. The Morgan fingerprint density at radius 3 is 1.84 bits per heavy atom. The van der Waals surface area contributed by atoms with Gasteiger partial charge < -0.3 is 4.74 Å². The second kappa shape index (κ2) is 16.3. The number of fused-ring (bicyclic) bond motifs is 1. The number of ether oxygens (including phenoxy) is 1. The van der Waals surface area contributed by atoms with Crippen LogP contribution in [0.4, 0.5) is 0 Å². The van der Waals surface area contributed by atoms with Crippen LogP contribution in [0.5, 0.6) is 5.75 Å². The van der Waals surface area contributed by atoms with Crippen LogP contribution in [0.1, 0.15) is 126 Å². The monoisotopic (exact) mass is 519 g/mol. The van der Waals surface area contributed by atoms with Crippen molar-refractivity contribution in [3.8, 4) is 11.4 Å². The molecule has 5 heteroatoms. The van der Waals surface area contributed by atoms with Crippen LogP contribution in [-0.4, -0.2) is 21.0 Å². The highest BCUT2D eigenvalue weighted by Crippen LogP contribution is 2.29. The molecular formula is C33H49N3O2. The van der Waals surface area contributed by atoms with E-state index in [1.54, 1.807) is 4.80 Å². The molecule has 38 heavy (non-hydrogen) atoms. The summed E-state index contributed by atoms with van der Waals surface area (Å²) >= 11 is 0. The molecular weight excluding hydrogens is 470 g/mol. The number of carbonyl (C=O) groups excluding carboxylic acids is 1. The van der Waals surface area contributed by atoms with Crippen molar-refractivity contribution in [2.45, 2.75) is 130 Å². The Balaban J connectivity index is 1.35. The van der Waals surface area contributed by atoms with Gasteiger partial charge in [0.1, 0.15) is 16.7 Å². The van der Waals surface area contributed by atoms with E-state index >= 15 is 0 Å². The van der Waals surface area contributed by atoms with Gasteiger partial charge in [-0.15, -0.1) is 15.0 Å². The van der Waals surface area contributed by atoms with Crippen molar-refractivity contribution < 1.29 is 9.53 Å². The number of aromatic nitrogens is 3. The summed E-state index contributed by atoms with van der Waals surface area (Å²) in [6.45, 7) is 8.33. The molecule has 0 saturated heterocycles. The van der Waals surface area contributed by atoms with E-state index in [2.05, 4.69) is 17.1 Å². The van der Waals surface area contributed by atoms with Gasteiger partial charge in [-0.3, -0.25) is 4.79 Å². The lowest BCUT2D eigenvalue weighted by atomic mass is 10.0. The van der Waals surface area contributed by atoms with E-state index in [0.717, 1.165) is 40.6 Å². The number of esters is 1. The number of benzene rings is 2. The van der Waals surface area contributed by atoms with Crippen LogP contribution in [0.25, 0.3) is 16.7 Å². The first-order chi connectivity index (χ1) is 18.5. The van der Waals surface area contributed by atoms with E-state index in [0.29, 0.717) is 17.9 Å². The highest BCUT2D eigenvalue weighted by molar-refractivity contribution is 5.76. The predicted octanol–water partition coefficient (Wildman–Crippen LogP) is 9.51. The van der Waals surface area contributed by atoms with Crippen molar-refractivity contribution in [2.75, 3.05) is 0 Å². The molecule has 0 atom stereocenters. The van der Waals surface area contributed by atoms with Crippen LogP contribution in [0, 0.1) is 20.8 Å². The molecule has 0 N–H and O–H groups in total. The van der Waals surface area contributed by atoms with E-state index in [4.69, 9.17) is 4.74 Å². The molecule has 0 aliphatic heterocycles. The summed E-state index contributed by atoms with van der Waals surface area (Å²) in [5.41, 5.74) is 5.50. The third kappa shape index (κ3) is 9.89. The number of carbonyl (C=O) groups is 1. The fraction of sp³-hybridized carbons (Fsp3) is 0.606. The van der Waals surface area contributed by atoms with Gasteiger partial charge >= 0.3 is 5.97 Å². The molecule has 2 aromatic carbocycles. The number of aryl methyl sites for hydroxylation is 3. The third-order valence-corrected chi connectivity index (χ3v) is 7.35. The second-order valence-corrected chi connectivity index (χ2v) is 11.1. The molecule has 0 bridgehead atoms. The third-order valence-electron chi connectivity index (χ3n) is 7.35. The quantitative estimate of drug-likeness (QED) is 0.0953. The van der Waals surface area contributed by atoms with Gasteiger partial charge in [-0.25, -0.2) is 0 Å². The van der Waals surface area contributed by atoms with Crippen molar-refractivity contribution in [1.29, 1.82) is 0 Å². The van der Waals surface area contributed by atoms with Crippen LogP contribution >= 0.6 is 0 Å². The van der Waals surface area contributed by atoms with Gasteiger partial charge in [0.15, 0.2) is 5.75 Å². The first-order valence-electron chi connectivity index (χ1n) is 15.1. The molecule has 0 unspecified atom stereocenters. The number of hydrogen-bond acceptors (Lipinski definition) is 4. The van der Waals surface area contributed by atoms with Crippen LogP contribution < -0.4 is 4.74 Å². The minimum Gasteiger partial charge on any atom is -0.424 e. The fourth-order valence-corrected chi connectivity index (χ4v) is 5.15. The average molecular weight is 520 g/mol. The van der Waals surface area contributed by atoms with Crippen molar-refractivity contribution in [3.63, 3.8) is 0 Å². The number of unbranched alkanes of at least 4 members (excludes halogenated alkanes) is 14. The van der Waals surface area contributed by atoms with Crippen LogP contribution in [0.15, 0.2) is 30.3 Å². The maximum atomic E-state index is 12.7. The summed E-state index contributed by atoms with van der Waals surface area (Å²) in [5, 5.41) is 9.29. The van der Waals surface area contributed by atoms with E-state index in [1.165, 1.54) is 83.5 Å². The first kappa shape index (κ1) is 29.9. The van der Waals surface area contributed by atoms with Gasteiger partial charge in [-0.05, 0) is 62.1 Å². The second-order valence-electron chi connectivity index (χ2n) is 11.1. The first-order valence-corrected chi connectivity index (χ1v) is 15.1. The molecule has 0 aliphatic carbocycles. The van der Waals surface area contributed by atoms with Gasteiger partial charge in [0.05, 0.1) is 0 Å². The largest absolute Gasteiger partial charge is 0.424 e. The molecule has 1 aromatic heterocycles. The van der Waals surface area contributed by atoms with Gasteiger partial charge in [-0.2, -0.15) is 0 Å². The lowest BCUT2D eigenvalue weighted by Gasteiger charge is -2.13. The predicted molar refractivity (Wildman–Crippen MR) is 158 cm³/mol. The Bertz CT molecular complexity index is 1130. The molecule has 0 fully saturated rings. The lowest BCUT2D eigenvalue weighted by molar-refractivity contribution is -0.134. The van der Waals surface area contributed by atoms with E-state index < -0.39 is 0 Å². The minimum atomic E-state index is -0.180. The SMILES string of the molecule is CCCCCCCCCCCCCCCCCC(=O)Oc1c(C)cc(C)cc1-n1nc2ccc(C)cc2n1. The van der Waals surface area contributed by atoms with Crippen LogP contribution in [0.3, 0.4) is 0 Å². The molecule has 1 heterocycles. The molecule has 0 aliphatic rings. The van der Waals surface area contributed by atoms with Gasteiger partial charge in [0, 0.05) is 6.42 Å². The summed E-state index contributed by atoms with van der Waals surface area (Å²) in [7, 11) is 0. The van der Waals surface area contributed by atoms with Crippen molar-refractivity contribution in [2.24, 2.45) is 0 Å². The Kier molecular flexibility index (Phi) is 12.8. The molecule has 0 amide bonds. The minimum absolute atomic E-state index is 0.180. The van der Waals surface area contributed by atoms with E-state index in [9.17, 15) is 4.79 Å². The molecule has 0 radical (unpaired) electrons. The summed E-state index contributed by atoms with van der Waals surface area (Å²) in [6, 6.07) is 10.0. The Hall–Kier alpha value is -2.69. The maximum absolute atomic E-state index is 12.7.